The molecule has 0 aliphatic carbocycles. The Morgan fingerprint density at radius 1 is 1.39 bits per heavy atom. The molecule has 1 aromatic heterocycles. The topological polar surface area (TPSA) is 100 Å². The van der Waals surface area contributed by atoms with Crippen LogP contribution in [-0.2, 0) is 11.3 Å². The number of carbonyl (C=O) groups is 1. The summed E-state index contributed by atoms with van der Waals surface area (Å²) in [6.07, 6.45) is 5.03. The number of hydrogen-bond donors (Lipinski definition) is 4. The second-order valence-electron chi connectivity index (χ2n) is 5.66. The monoisotopic (exact) mass is 410 g/mol. The molecule has 3 aromatic rings. The van der Waals surface area contributed by atoms with Crippen molar-refractivity contribution in [3.8, 4) is 29.9 Å². The molecule has 0 unspecified atom stereocenters. The number of amides is 1. The van der Waals surface area contributed by atoms with Gasteiger partial charge in [-0.15, -0.1) is 6.42 Å². The van der Waals surface area contributed by atoms with Gasteiger partial charge >= 0.3 is 0 Å². The van der Waals surface area contributed by atoms with Gasteiger partial charge in [0, 0.05) is 12.1 Å². The van der Waals surface area contributed by atoms with Crippen molar-refractivity contribution in [3.63, 3.8) is 0 Å². The number of rotatable bonds is 4. The number of benzene rings is 2. The lowest BCUT2D eigenvalue weighted by Crippen LogP contribution is -2.20. The molecule has 0 spiro atoms. The fourth-order valence-corrected chi connectivity index (χ4v) is 3.52. The number of aromatic nitrogens is 1. The predicted octanol–water partition coefficient (Wildman–Crippen LogP) is 2.95. The van der Waals surface area contributed by atoms with Crippen LogP contribution in [0.15, 0.2) is 30.3 Å². The highest BCUT2D eigenvalue weighted by atomic mass is 35.5. The first-order valence-corrected chi connectivity index (χ1v) is 9.31. The highest BCUT2D eigenvalue weighted by molar-refractivity contribution is 7.22. The summed E-state index contributed by atoms with van der Waals surface area (Å²) in [6, 6.07) is 8.82. The van der Waals surface area contributed by atoms with Gasteiger partial charge in [-0.25, -0.2) is 4.98 Å². The number of phenolic OH excluding ortho intramolecular Hbond substituents is 1. The number of thiazole rings is 1. The van der Waals surface area contributed by atoms with Crippen LogP contribution in [0.4, 0.5) is 10.8 Å². The minimum atomic E-state index is -0.497. The molecule has 6 nitrogen and oxygen atoms in total. The van der Waals surface area contributed by atoms with E-state index in [2.05, 4.69) is 27.5 Å². The minimum absolute atomic E-state index is 0.0486. The standard InChI is InChI=1S/C20H15ClN4O2S/c1-2-17(27)24-11-13-6-3-7-14(18(13)21)23-8-4-5-12-9-15(26)19-16(10-12)28-20(22)25-19/h1,3,6-7,9-10,23,26H,8,11H2,(H2,22,25)(H,24,27). The largest absolute Gasteiger partial charge is 0.506 e. The van der Waals surface area contributed by atoms with E-state index in [1.165, 1.54) is 11.3 Å². The van der Waals surface area contributed by atoms with Crippen LogP contribution < -0.4 is 16.4 Å². The molecule has 8 heteroatoms. The highest BCUT2D eigenvalue weighted by Gasteiger charge is 2.08. The van der Waals surface area contributed by atoms with Gasteiger partial charge in [0.25, 0.3) is 5.91 Å². The van der Waals surface area contributed by atoms with Gasteiger partial charge in [-0.3, -0.25) is 4.79 Å². The van der Waals surface area contributed by atoms with E-state index in [4.69, 9.17) is 23.8 Å². The van der Waals surface area contributed by atoms with Crippen LogP contribution in [0.25, 0.3) is 10.2 Å². The molecule has 0 saturated heterocycles. The molecule has 0 fully saturated rings. The van der Waals surface area contributed by atoms with Gasteiger partial charge in [-0.2, -0.15) is 0 Å². The number of nitrogens with zero attached hydrogens (tertiary/aromatic N) is 1. The zero-order valence-electron chi connectivity index (χ0n) is 14.5. The molecule has 0 saturated carbocycles. The summed E-state index contributed by atoms with van der Waals surface area (Å²) in [5.74, 6) is 7.50. The molecular formula is C20H15ClN4O2S. The quantitative estimate of drug-likeness (QED) is 0.495. The second kappa shape index (κ2) is 8.53. The molecule has 28 heavy (non-hydrogen) atoms. The molecule has 0 atom stereocenters. The van der Waals surface area contributed by atoms with E-state index < -0.39 is 5.91 Å². The van der Waals surface area contributed by atoms with Gasteiger partial charge in [-0.05, 0) is 29.7 Å². The third kappa shape index (κ3) is 4.47. The number of nitrogens with one attached hydrogen (secondary N) is 2. The molecule has 2 aromatic carbocycles. The molecule has 1 heterocycles. The Bertz CT molecular complexity index is 1150. The summed E-state index contributed by atoms with van der Waals surface area (Å²) in [4.78, 5) is 15.3. The van der Waals surface area contributed by atoms with Gasteiger partial charge in [0.2, 0.25) is 0 Å². The van der Waals surface area contributed by atoms with Crippen molar-refractivity contribution in [2.45, 2.75) is 6.54 Å². The maximum absolute atomic E-state index is 11.2. The summed E-state index contributed by atoms with van der Waals surface area (Å²) in [5, 5.41) is 16.6. The summed E-state index contributed by atoms with van der Waals surface area (Å²) < 4.78 is 0.777. The van der Waals surface area contributed by atoms with Crippen LogP contribution in [-0.4, -0.2) is 22.5 Å². The third-order valence-electron chi connectivity index (χ3n) is 3.74. The fourth-order valence-electron chi connectivity index (χ4n) is 2.47. The number of anilines is 2. The van der Waals surface area contributed by atoms with Gasteiger partial charge in [0.1, 0.15) is 11.3 Å². The van der Waals surface area contributed by atoms with Crippen LogP contribution in [0.5, 0.6) is 5.75 Å². The van der Waals surface area contributed by atoms with Gasteiger partial charge in [-0.1, -0.05) is 46.9 Å². The third-order valence-corrected chi connectivity index (χ3v) is 5.02. The fraction of sp³-hybridized carbons (Fsp3) is 0.100. The van der Waals surface area contributed by atoms with Crippen molar-refractivity contribution in [2.75, 3.05) is 17.6 Å². The van der Waals surface area contributed by atoms with E-state index in [-0.39, 0.29) is 12.3 Å². The summed E-state index contributed by atoms with van der Waals surface area (Å²) in [7, 11) is 0. The molecule has 0 radical (unpaired) electrons. The number of carbonyl (C=O) groups excluding carboxylic acids is 1. The Morgan fingerprint density at radius 3 is 3.00 bits per heavy atom. The molecule has 140 valence electrons. The number of halogens is 1. The number of aromatic hydroxyl groups is 1. The van der Waals surface area contributed by atoms with Crippen LogP contribution in [0.2, 0.25) is 5.02 Å². The summed E-state index contributed by atoms with van der Waals surface area (Å²) >= 11 is 7.65. The Balaban J connectivity index is 1.68. The number of terminal acetylenes is 1. The first kappa shape index (κ1) is 19.4. The van der Waals surface area contributed by atoms with Crippen molar-refractivity contribution in [3.05, 3.63) is 46.5 Å². The summed E-state index contributed by atoms with van der Waals surface area (Å²) in [5.41, 5.74) is 8.24. The van der Waals surface area contributed by atoms with Crippen molar-refractivity contribution in [2.24, 2.45) is 0 Å². The van der Waals surface area contributed by atoms with Crippen LogP contribution in [0.3, 0.4) is 0 Å². The Kier molecular flexibility index (Phi) is 5.90. The summed E-state index contributed by atoms with van der Waals surface area (Å²) in [6.45, 7) is 0.573. The van der Waals surface area contributed by atoms with Crippen molar-refractivity contribution in [1.82, 2.24) is 10.3 Å². The minimum Gasteiger partial charge on any atom is -0.506 e. The molecule has 0 aliphatic heterocycles. The predicted molar refractivity (Wildman–Crippen MR) is 113 cm³/mol. The smallest absolute Gasteiger partial charge is 0.295 e. The number of phenols is 1. The Hall–Kier alpha value is -3.39. The van der Waals surface area contributed by atoms with Crippen LogP contribution in [0.1, 0.15) is 11.1 Å². The van der Waals surface area contributed by atoms with Crippen molar-refractivity contribution >= 4 is 49.9 Å². The number of nitrogens with two attached hydrogens (primary N) is 1. The average molecular weight is 411 g/mol. The Labute approximate surface area is 170 Å². The van der Waals surface area contributed by atoms with Gasteiger partial charge in [0.15, 0.2) is 5.13 Å². The molecule has 1 amide bonds. The first-order valence-electron chi connectivity index (χ1n) is 8.11. The first-order chi connectivity index (χ1) is 13.5. The van der Waals surface area contributed by atoms with E-state index >= 15 is 0 Å². The lowest BCUT2D eigenvalue weighted by atomic mass is 10.2. The van der Waals surface area contributed by atoms with E-state index in [0.29, 0.717) is 33.5 Å². The molecule has 3 rings (SSSR count). The van der Waals surface area contributed by atoms with Gasteiger partial charge in [0.05, 0.1) is 22.0 Å². The van der Waals surface area contributed by atoms with Crippen LogP contribution in [0, 0.1) is 24.2 Å². The van der Waals surface area contributed by atoms with E-state index in [1.807, 2.05) is 24.1 Å². The van der Waals surface area contributed by atoms with Gasteiger partial charge < -0.3 is 21.5 Å². The molecule has 0 bridgehead atoms. The number of fused-ring (bicyclic) bond motifs is 1. The number of nitrogen functional groups attached to an aromatic ring is 1. The maximum atomic E-state index is 11.2. The second-order valence-corrected chi connectivity index (χ2v) is 7.10. The maximum Gasteiger partial charge on any atom is 0.295 e. The number of hydrogen-bond acceptors (Lipinski definition) is 6. The van der Waals surface area contributed by atoms with E-state index in [9.17, 15) is 9.90 Å². The lowest BCUT2D eigenvalue weighted by Gasteiger charge is -2.10. The molecule has 0 aliphatic rings. The average Bonchev–Trinajstić information content (AvgIpc) is 3.06. The highest BCUT2D eigenvalue weighted by Crippen LogP contribution is 2.31. The van der Waals surface area contributed by atoms with Crippen molar-refractivity contribution < 1.29 is 9.90 Å². The normalized spacial score (nSPS) is 10.0. The molecule has 5 N–H and O–H groups in total. The molecular weight excluding hydrogens is 396 g/mol. The van der Waals surface area contributed by atoms with E-state index in [1.54, 1.807) is 12.1 Å². The zero-order valence-corrected chi connectivity index (χ0v) is 16.1. The SMILES string of the molecule is C#CC(=O)NCc1cccc(NCC#Cc2cc(O)c3nc(N)sc3c2)c1Cl. The van der Waals surface area contributed by atoms with Crippen LogP contribution >= 0.6 is 22.9 Å². The van der Waals surface area contributed by atoms with Crippen molar-refractivity contribution in [1.29, 1.82) is 0 Å². The zero-order chi connectivity index (χ0) is 20.1. The lowest BCUT2D eigenvalue weighted by molar-refractivity contribution is -0.115. The Morgan fingerprint density at radius 2 is 2.21 bits per heavy atom. The van der Waals surface area contributed by atoms with E-state index in [0.717, 1.165) is 10.3 Å².